The summed E-state index contributed by atoms with van der Waals surface area (Å²) < 4.78 is 18.7. The summed E-state index contributed by atoms with van der Waals surface area (Å²) in [5, 5.41) is 13.9. The lowest BCUT2D eigenvalue weighted by Crippen LogP contribution is -2.19. The van der Waals surface area contributed by atoms with Crippen molar-refractivity contribution in [1.82, 2.24) is 15.2 Å². The second-order valence-corrected chi connectivity index (χ2v) is 5.34. The molecule has 1 fully saturated rings. The van der Waals surface area contributed by atoms with Gasteiger partial charge in [-0.05, 0) is 31.0 Å². The number of rotatable bonds is 5. The van der Waals surface area contributed by atoms with Crippen LogP contribution in [0.1, 0.15) is 12.8 Å². The Bertz CT molecular complexity index is 651. The molecule has 0 aliphatic carbocycles. The van der Waals surface area contributed by atoms with Gasteiger partial charge in [0, 0.05) is 18.8 Å². The second-order valence-electron chi connectivity index (χ2n) is 4.94. The molecule has 1 aliphatic heterocycles. The Hall–Kier alpha value is -1.99. The van der Waals surface area contributed by atoms with Crippen LogP contribution in [0.3, 0.4) is 0 Å². The summed E-state index contributed by atoms with van der Waals surface area (Å²) in [6.07, 6.45) is 3.89. The summed E-state index contributed by atoms with van der Waals surface area (Å²) in [6, 6.07) is 4.29. The van der Waals surface area contributed by atoms with Gasteiger partial charge in [0.25, 0.3) is 0 Å². The number of benzene rings is 1. The van der Waals surface area contributed by atoms with Crippen LogP contribution >= 0.6 is 11.6 Å². The zero-order valence-electron chi connectivity index (χ0n) is 11.7. The minimum Gasteiger partial charge on any atom is -0.376 e. The topological polar surface area (TPSA) is 72.0 Å². The smallest absolute Gasteiger partial charge is 0.249 e. The van der Waals surface area contributed by atoms with E-state index >= 15 is 0 Å². The van der Waals surface area contributed by atoms with Gasteiger partial charge >= 0.3 is 0 Å². The van der Waals surface area contributed by atoms with Crippen LogP contribution in [0.15, 0.2) is 24.4 Å². The van der Waals surface area contributed by atoms with Crippen molar-refractivity contribution >= 4 is 29.1 Å². The van der Waals surface area contributed by atoms with Crippen molar-refractivity contribution in [3.63, 3.8) is 0 Å². The van der Waals surface area contributed by atoms with E-state index in [0.29, 0.717) is 24.0 Å². The molecule has 2 aromatic rings. The van der Waals surface area contributed by atoms with Gasteiger partial charge in [-0.1, -0.05) is 11.6 Å². The van der Waals surface area contributed by atoms with E-state index in [1.807, 2.05) is 0 Å². The molecule has 1 atom stereocenters. The van der Waals surface area contributed by atoms with Gasteiger partial charge < -0.3 is 15.4 Å². The second kappa shape index (κ2) is 6.85. The molecule has 2 heterocycles. The van der Waals surface area contributed by atoms with Crippen molar-refractivity contribution < 1.29 is 9.13 Å². The third-order valence-corrected chi connectivity index (χ3v) is 3.56. The third-order valence-electron chi connectivity index (χ3n) is 3.27. The molecule has 8 heteroatoms. The molecular weight excluding hydrogens is 309 g/mol. The predicted molar refractivity (Wildman–Crippen MR) is 82.0 cm³/mol. The van der Waals surface area contributed by atoms with Gasteiger partial charge in [0.2, 0.25) is 5.95 Å². The van der Waals surface area contributed by atoms with Crippen LogP contribution in [-0.2, 0) is 4.74 Å². The molecule has 0 spiro atoms. The largest absolute Gasteiger partial charge is 0.376 e. The van der Waals surface area contributed by atoms with Crippen LogP contribution in [0.25, 0.3) is 0 Å². The molecule has 3 rings (SSSR count). The molecule has 22 heavy (non-hydrogen) atoms. The maximum absolute atomic E-state index is 13.1. The average molecular weight is 324 g/mol. The van der Waals surface area contributed by atoms with Crippen LogP contribution < -0.4 is 10.6 Å². The highest BCUT2D eigenvalue weighted by Crippen LogP contribution is 2.21. The van der Waals surface area contributed by atoms with Crippen molar-refractivity contribution in [3.05, 3.63) is 35.2 Å². The summed E-state index contributed by atoms with van der Waals surface area (Å²) in [5.74, 6) is 0.430. The monoisotopic (exact) mass is 323 g/mol. The first-order valence-electron chi connectivity index (χ1n) is 6.98. The summed E-state index contributed by atoms with van der Waals surface area (Å²) in [7, 11) is 0. The van der Waals surface area contributed by atoms with Crippen molar-refractivity contribution in [2.24, 2.45) is 0 Å². The zero-order valence-corrected chi connectivity index (χ0v) is 12.5. The molecule has 1 saturated heterocycles. The molecule has 2 N–H and O–H groups in total. The Morgan fingerprint density at radius 3 is 3.09 bits per heavy atom. The van der Waals surface area contributed by atoms with Gasteiger partial charge in [0.05, 0.1) is 17.3 Å². The highest BCUT2D eigenvalue weighted by molar-refractivity contribution is 6.31. The first kappa shape index (κ1) is 14.9. The maximum atomic E-state index is 13.1. The Balaban J connectivity index is 1.63. The minimum atomic E-state index is -0.474. The minimum absolute atomic E-state index is 0.0330. The number of halogens is 2. The lowest BCUT2D eigenvalue weighted by Gasteiger charge is -2.11. The van der Waals surface area contributed by atoms with E-state index in [0.717, 1.165) is 19.4 Å². The van der Waals surface area contributed by atoms with Gasteiger partial charge in [-0.2, -0.15) is 10.1 Å². The normalized spacial score (nSPS) is 17.5. The fraction of sp³-hybridized carbons (Fsp3) is 0.357. The lowest BCUT2D eigenvalue weighted by molar-refractivity contribution is 0.120. The summed E-state index contributed by atoms with van der Waals surface area (Å²) >= 11 is 5.74. The Labute approximate surface area is 132 Å². The Morgan fingerprint density at radius 1 is 1.41 bits per heavy atom. The molecule has 6 nitrogen and oxygen atoms in total. The average Bonchev–Trinajstić information content (AvgIpc) is 3.03. The van der Waals surface area contributed by atoms with E-state index < -0.39 is 5.82 Å². The predicted octanol–water partition coefficient (Wildman–Crippen LogP) is 3.00. The number of ether oxygens (including phenoxy) is 1. The molecule has 1 aromatic heterocycles. The molecule has 0 saturated carbocycles. The van der Waals surface area contributed by atoms with E-state index in [1.54, 1.807) is 6.07 Å². The summed E-state index contributed by atoms with van der Waals surface area (Å²) in [4.78, 5) is 4.29. The van der Waals surface area contributed by atoms with Crippen molar-refractivity contribution in [2.45, 2.75) is 18.9 Å². The van der Waals surface area contributed by atoms with Crippen LogP contribution in [0.4, 0.5) is 21.8 Å². The fourth-order valence-electron chi connectivity index (χ4n) is 2.17. The molecule has 1 unspecified atom stereocenters. The fourth-order valence-corrected chi connectivity index (χ4v) is 2.35. The molecule has 116 valence electrons. The molecular formula is C14H15ClFN5O. The van der Waals surface area contributed by atoms with E-state index in [1.165, 1.54) is 18.3 Å². The van der Waals surface area contributed by atoms with Gasteiger partial charge in [-0.3, -0.25) is 0 Å². The number of anilines is 3. The molecule has 1 aromatic carbocycles. The molecule has 0 bridgehead atoms. The van der Waals surface area contributed by atoms with Crippen LogP contribution in [0.2, 0.25) is 5.02 Å². The SMILES string of the molecule is Fc1ccc(Nc2nncc(NCC3CCCO3)n2)cc1Cl. The van der Waals surface area contributed by atoms with E-state index in [2.05, 4.69) is 25.8 Å². The highest BCUT2D eigenvalue weighted by atomic mass is 35.5. The van der Waals surface area contributed by atoms with E-state index in [4.69, 9.17) is 16.3 Å². The Morgan fingerprint density at radius 2 is 2.32 bits per heavy atom. The van der Waals surface area contributed by atoms with Crippen LogP contribution in [0, 0.1) is 5.82 Å². The van der Waals surface area contributed by atoms with Gasteiger partial charge in [0.15, 0.2) is 5.82 Å². The molecule has 0 amide bonds. The number of hydrogen-bond donors (Lipinski definition) is 2. The molecule has 1 aliphatic rings. The van der Waals surface area contributed by atoms with Gasteiger partial charge in [-0.25, -0.2) is 4.39 Å². The first-order chi connectivity index (χ1) is 10.7. The van der Waals surface area contributed by atoms with Crippen molar-refractivity contribution in [1.29, 1.82) is 0 Å². The van der Waals surface area contributed by atoms with Crippen molar-refractivity contribution in [2.75, 3.05) is 23.8 Å². The number of nitrogens with zero attached hydrogens (tertiary/aromatic N) is 3. The number of aromatic nitrogens is 3. The number of hydrogen-bond acceptors (Lipinski definition) is 6. The molecule has 0 radical (unpaired) electrons. The highest BCUT2D eigenvalue weighted by Gasteiger charge is 2.15. The first-order valence-corrected chi connectivity index (χ1v) is 7.36. The standard InChI is InChI=1S/C14H15ClFN5O/c15-11-6-9(3-4-12(11)16)19-14-20-13(8-18-21-14)17-7-10-2-1-5-22-10/h3-4,6,8,10H,1-2,5,7H2,(H2,17,19,20,21). The maximum Gasteiger partial charge on any atom is 0.249 e. The zero-order chi connectivity index (χ0) is 15.4. The third kappa shape index (κ3) is 3.80. The quantitative estimate of drug-likeness (QED) is 0.881. The number of nitrogens with one attached hydrogen (secondary N) is 2. The van der Waals surface area contributed by atoms with Gasteiger partial charge in [0.1, 0.15) is 5.82 Å². The van der Waals surface area contributed by atoms with Crippen LogP contribution in [-0.4, -0.2) is 34.4 Å². The van der Waals surface area contributed by atoms with Crippen molar-refractivity contribution in [3.8, 4) is 0 Å². The van der Waals surface area contributed by atoms with Gasteiger partial charge in [-0.15, -0.1) is 5.10 Å². The van der Waals surface area contributed by atoms with Crippen LogP contribution in [0.5, 0.6) is 0 Å². The summed E-state index contributed by atoms with van der Waals surface area (Å²) in [6.45, 7) is 1.49. The Kier molecular flexibility index (Phi) is 4.65. The van der Waals surface area contributed by atoms with E-state index in [9.17, 15) is 4.39 Å². The van der Waals surface area contributed by atoms with E-state index in [-0.39, 0.29) is 11.1 Å². The summed E-state index contributed by atoms with van der Waals surface area (Å²) in [5.41, 5.74) is 0.587. The lowest BCUT2D eigenvalue weighted by atomic mass is 10.2.